The SMILES string of the molecule is COC(=O)c1cc(-c2ccc(NC(=O)c3cc(-c4ccc(NC(=O)CCCOc5cc(N=CC6CCCN6C)c(C=O)cc5OC)cc4)co3)cc2)cn1C. The predicted molar refractivity (Wildman–Crippen MR) is 210 cm³/mol. The number of amides is 2. The molecule has 55 heavy (non-hydrogen) atoms. The number of nitrogens with zero attached hydrogens (tertiary/aromatic N) is 3. The van der Waals surface area contributed by atoms with Gasteiger partial charge in [-0.2, -0.15) is 0 Å². The highest BCUT2D eigenvalue weighted by atomic mass is 16.5. The van der Waals surface area contributed by atoms with Crippen LogP contribution in [0.3, 0.4) is 0 Å². The van der Waals surface area contributed by atoms with E-state index in [9.17, 15) is 19.2 Å². The van der Waals surface area contributed by atoms with E-state index >= 15 is 0 Å². The number of furan rings is 1. The first kappa shape index (κ1) is 38.3. The number of likely N-dealkylation sites (tertiary alicyclic amines) is 1. The van der Waals surface area contributed by atoms with Gasteiger partial charge in [0.05, 0.1) is 32.8 Å². The second kappa shape index (κ2) is 17.6. The molecule has 1 fully saturated rings. The van der Waals surface area contributed by atoms with E-state index in [-0.39, 0.29) is 30.7 Å². The maximum absolute atomic E-state index is 12.9. The first-order valence-corrected chi connectivity index (χ1v) is 17.9. The molecule has 3 heterocycles. The largest absolute Gasteiger partial charge is 0.493 e. The van der Waals surface area contributed by atoms with Gasteiger partial charge in [-0.15, -0.1) is 0 Å². The van der Waals surface area contributed by atoms with Crippen LogP contribution < -0.4 is 20.1 Å². The second-order valence-electron chi connectivity index (χ2n) is 13.2. The first-order chi connectivity index (χ1) is 26.6. The minimum Gasteiger partial charge on any atom is -0.493 e. The number of hydrogen-bond donors (Lipinski definition) is 2. The number of aliphatic imine (C=N–C) groups is 1. The highest BCUT2D eigenvalue weighted by Crippen LogP contribution is 2.35. The Bertz CT molecular complexity index is 2190. The van der Waals surface area contributed by atoms with Gasteiger partial charge in [-0.05, 0) is 86.4 Å². The smallest absolute Gasteiger partial charge is 0.354 e. The Morgan fingerprint density at radius 2 is 1.60 bits per heavy atom. The van der Waals surface area contributed by atoms with Crippen molar-refractivity contribution in [3.63, 3.8) is 0 Å². The van der Waals surface area contributed by atoms with Gasteiger partial charge in [0, 0.05) is 66.1 Å². The molecule has 0 saturated carbocycles. The summed E-state index contributed by atoms with van der Waals surface area (Å²) in [5.41, 5.74) is 5.79. The molecule has 1 aliphatic rings. The molecule has 6 rings (SSSR count). The van der Waals surface area contributed by atoms with E-state index in [1.54, 1.807) is 60.1 Å². The Balaban J connectivity index is 0.975. The number of aryl methyl sites for hydroxylation is 1. The molecule has 1 aliphatic heterocycles. The molecule has 1 saturated heterocycles. The van der Waals surface area contributed by atoms with Gasteiger partial charge in [-0.25, -0.2) is 4.79 Å². The normalized spacial score (nSPS) is 14.1. The molecule has 0 radical (unpaired) electrons. The van der Waals surface area contributed by atoms with Gasteiger partial charge < -0.3 is 33.8 Å². The monoisotopic (exact) mass is 745 g/mol. The molecule has 2 N–H and O–H groups in total. The summed E-state index contributed by atoms with van der Waals surface area (Å²) in [6.45, 7) is 1.27. The van der Waals surface area contributed by atoms with Crippen molar-refractivity contribution in [1.82, 2.24) is 9.47 Å². The van der Waals surface area contributed by atoms with Gasteiger partial charge in [0.25, 0.3) is 5.91 Å². The van der Waals surface area contributed by atoms with Crippen LogP contribution in [0.5, 0.6) is 11.5 Å². The Kier molecular flexibility index (Phi) is 12.2. The molecule has 13 nitrogen and oxygen atoms in total. The third kappa shape index (κ3) is 9.37. The lowest BCUT2D eigenvalue weighted by Gasteiger charge is -2.15. The van der Waals surface area contributed by atoms with Gasteiger partial charge in [-0.3, -0.25) is 24.3 Å². The Morgan fingerprint density at radius 3 is 2.25 bits per heavy atom. The summed E-state index contributed by atoms with van der Waals surface area (Å²) in [7, 11) is 6.68. The Labute approximate surface area is 318 Å². The number of ether oxygens (including phenoxy) is 3. The van der Waals surface area contributed by atoms with Crippen LogP contribution in [-0.4, -0.2) is 80.2 Å². The van der Waals surface area contributed by atoms with Crippen molar-refractivity contribution < 1.29 is 37.8 Å². The Hall–Kier alpha value is -6.47. The van der Waals surface area contributed by atoms with Gasteiger partial charge >= 0.3 is 5.97 Å². The van der Waals surface area contributed by atoms with E-state index < -0.39 is 11.9 Å². The van der Waals surface area contributed by atoms with Crippen LogP contribution in [0.25, 0.3) is 22.3 Å². The fraction of sp³-hybridized carbons (Fsp3) is 0.262. The van der Waals surface area contributed by atoms with Gasteiger partial charge in [-0.1, -0.05) is 24.3 Å². The molecule has 0 aliphatic carbocycles. The standard InChI is InChI=1S/C42H43N5O8/c1-46-17-5-7-34(46)23-43-35-22-38(37(52-3)20-30(35)25-48)54-18-6-8-40(49)44-32-13-11-28(12-14-32)31-21-39(55-26-31)41(50)45-33-15-9-27(10-16-33)29-19-36(42(51)53-4)47(2)24-29/h9-16,19-26,34H,5-8,17-18H2,1-4H3,(H,44,49)(H,45,50). The molecule has 0 bridgehead atoms. The van der Waals surface area contributed by atoms with Crippen molar-refractivity contribution in [2.75, 3.05) is 45.1 Å². The van der Waals surface area contributed by atoms with E-state index in [1.807, 2.05) is 36.7 Å². The lowest BCUT2D eigenvalue weighted by atomic mass is 10.1. The topological polar surface area (TPSA) is 154 Å². The number of hydrogen-bond acceptors (Lipinski definition) is 10. The minimum atomic E-state index is -0.418. The number of nitrogens with one attached hydrogen (secondary N) is 2. The van der Waals surface area contributed by atoms with Crippen LogP contribution in [0.1, 0.15) is 57.1 Å². The number of carbonyl (C=O) groups is 4. The van der Waals surface area contributed by atoms with Crippen molar-refractivity contribution in [2.24, 2.45) is 12.0 Å². The Morgan fingerprint density at radius 1 is 0.891 bits per heavy atom. The van der Waals surface area contributed by atoms with Crippen LogP contribution in [0.4, 0.5) is 17.1 Å². The van der Waals surface area contributed by atoms with Crippen LogP contribution in [0.15, 0.2) is 94.7 Å². The number of aldehydes is 1. The number of rotatable bonds is 15. The molecular formula is C42H43N5O8. The fourth-order valence-corrected chi connectivity index (χ4v) is 6.29. The van der Waals surface area contributed by atoms with Gasteiger partial charge in [0.1, 0.15) is 5.69 Å². The second-order valence-corrected chi connectivity index (χ2v) is 13.2. The third-order valence-electron chi connectivity index (χ3n) is 9.41. The van der Waals surface area contributed by atoms with Crippen molar-refractivity contribution in [1.29, 1.82) is 0 Å². The molecular weight excluding hydrogens is 702 g/mol. The van der Waals surface area contributed by atoms with Crippen LogP contribution >= 0.6 is 0 Å². The van der Waals surface area contributed by atoms with E-state index in [2.05, 4.69) is 27.6 Å². The van der Waals surface area contributed by atoms with Crippen molar-refractivity contribution in [2.45, 2.75) is 31.7 Å². The highest BCUT2D eigenvalue weighted by Gasteiger charge is 2.20. The predicted octanol–water partition coefficient (Wildman–Crippen LogP) is 7.41. The van der Waals surface area contributed by atoms with Crippen molar-refractivity contribution in [3.8, 4) is 33.8 Å². The zero-order valence-electron chi connectivity index (χ0n) is 31.2. The third-order valence-corrected chi connectivity index (χ3v) is 9.41. The van der Waals surface area contributed by atoms with E-state index in [1.165, 1.54) is 20.5 Å². The number of anilines is 2. The van der Waals surface area contributed by atoms with Gasteiger partial charge in [0.15, 0.2) is 23.5 Å². The molecule has 0 spiro atoms. The number of benzene rings is 3. The number of carbonyl (C=O) groups excluding carboxylic acids is 4. The highest BCUT2D eigenvalue weighted by molar-refractivity contribution is 6.03. The number of aromatic nitrogens is 1. The molecule has 2 aromatic heterocycles. The molecule has 5 aromatic rings. The molecule has 1 atom stereocenters. The first-order valence-electron chi connectivity index (χ1n) is 17.9. The van der Waals surface area contributed by atoms with E-state index in [0.717, 1.165) is 42.4 Å². The summed E-state index contributed by atoms with van der Waals surface area (Å²) in [5.74, 6) is 0.0153. The molecule has 3 aromatic carbocycles. The van der Waals surface area contributed by atoms with E-state index in [4.69, 9.17) is 18.6 Å². The van der Waals surface area contributed by atoms with Gasteiger partial charge in [0.2, 0.25) is 5.91 Å². The average Bonchev–Trinajstić information content (AvgIpc) is 3.96. The summed E-state index contributed by atoms with van der Waals surface area (Å²) in [4.78, 5) is 56.2. The fourth-order valence-electron chi connectivity index (χ4n) is 6.29. The quantitative estimate of drug-likeness (QED) is 0.0483. The van der Waals surface area contributed by atoms with E-state index in [0.29, 0.717) is 51.8 Å². The maximum Gasteiger partial charge on any atom is 0.354 e. The van der Waals surface area contributed by atoms with Crippen LogP contribution in [0.2, 0.25) is 0 Å². The summed E-state index contributed by atoms with van der Waals surface area (Å²) in [5, 5.41) is 5.74. The molecule has 2 amide bonds. The summed E-state index contributed by atoms with van der Waals surface area (Å²) in [6.07, 6.45) is 8.76. The number of esters is 1. The summed E-state index contributed by atoms with van der Waals surface area (Å²) in [6, 6.07) is 21.4. The van der Waals surface area contributed by atoms with Crippen LogP contribution in [0, 0.1) is 0 Å². The van der Waals surface area contributed by atoms with Crippen molar-refractivity contribution >= 4 is 47.3 Å². The lowest BCUT2D eigenvalue weighted by Crippen LogP contribution is -2.25. The summed E-state index contributed by atoms with van der Waals surface area (Å²) < 4.78 is 23.5. The molecule has 284 valence electrons. The molecule has 1 unspecified atom stereocenters. The maximum atomic E-state index is 12.9. The molecule has 13 heteroatoms. The number of methoxy groups -OCH3 is 2. The van der Waals surface area contributed by atoms with Crippen molar-refractivity contribution in [3.05, 3.63) is 102 Å². The lowest BCUT2D eigenvalue weighted by molar-refractivity contribution is -0.116. The minimum absolute atomic E-state index is 0.141. The average molecular weight is 746 g/mol. The zero-order chi connectivity index (χ0) is 38.9. The van der Waals surface area contributed by atoms with Crippen LogP contribution in [-0.2, 0) is 16.6 Å². The zero-order valence-corrected chi connectivity index (χ0v) is 31.2. The summed E-state index contributed by atoms with van der Waals surface area (Å²) >= 11 is 0.